The third-order valence-electron chi connectivity index (χ3n) is 2.28. The summed E-state index contributed by atoms with van der Waals surface area (Å²) in [6.07, 6.45) is 0.808. The number of hydrogen-bond donors (Lipinski definition) is 1. The Kier molecular flexibility index (Phi) is 6.75. The van der Waals surface area contributed by atoms with Crippen molar-refractivity contribution in [3.05, 3.63) is 11.9 Å². The van der Waals surface area contributed by atoms with Gasteiger partial charge in [-0.15, -0.1) is 11.6 Å². The second-order valence-electron chi connectivity index (χ2n) is 3.85. The standard InChI is InChI=1S/C12H20ClN3O2/c1-4-18-12-7-11(14-9(2)15-12)16-10(5-6-13)8-17-3/h7,10H,4-6,8H2,1-3H3,(H,14,15,16). The smallest absolute Gasteiger partial charge is 0.218 e. The van der Waals surface area contributed by atoms with Crippen LogP contribution in [0.25, 0.3) is 0 Å². The second-order valence-corrected chi connectivity index (χ2v) is 4.22. The highest BCUT2D eigenvalue weighted by Gasteiger charge is 2.10. The summed E-state index contributed by atoms with van der Waals surface area (Å²) >= 11 is 5.76. The lowest BCUT2D eigenvalue weighted by Crippen LogP contribution is -2.26. The topological polar surface area (TPSA) is 56.3 Å². The molecule has 0 amide bonds. The third kappa shape index (κ3) is 5.06. The van der Waals surface area contributed by atoms with Gasteiger partial charge in [-0.25, -0.2) is 4.98 Å². The average Bonchev–Trinajstić information content (AvgIpc) is 2.29. The maximum Gasteiger partial charge on any atom is 0.218 e. The highest BCUT2D eigenvalue weighted by Crippen LogP contribution is 2.15. The molecule has 0 radical (unpaired) electrons. The number of rotatable bonds is 8. The summed E-state index contributed by atoms with van der Waals surface area (Å²) in [4.78, 5) is 8.51. The summed E-state index contributed by atoms with van der Waals surface area (Å²) in [7, 11) is 1.67. The Labute approximate surface area is 113 Å². The fourth-order valence-electron chi connectivity index (χ4n) is 1.58. The quantitative estimate of drug-likeness (QED) is 0.736. The minimum absolute atomic E-state index is 0.135. The Bertz CT molecular complexity index is 357. The normalized spacial score (nSPS) is 12.2. The number of nitrogens with one attached hydrogen (secondary N) is 1. The van der Waals surface area contributed by atoms with Gasteiger partial charge in [0.15, 0.2) is 0 Å². The zero-order valence-corrected chi connectivity index (χ0v) is 11.8. The van der Waals surface area contributed by atoms with Crippen LogP contribution in [0.15, 0.2) is 6.07 Å². The van der Waals surface area contributed by atoms with E-state index < -0.39 is 0 Å². The lowest BCUT2D eigenvalue weighted by atomic mass is 10.2. The molecule has 0 bridgehead atoms. The number of anilines is 1. The van der Waals surface area contributed by atoms with E-state index in [1.54, 1.807) is 13.2 Å². The Hall–Kier alpha value is -1.07. The predicted molar refractivity (Wildman–Crippen MR) is 72.6 cm³/mol. The first kappa shape index (κ1) is 15.0. The summed E-state index contributed by atoms with van der Waals surface area (Å²) in [5, 5.41) is 3.28. The molecular formula is C12H20ClN3O2. The third-order valence-corrected chi connectivity index (χ3v) is 2.50. The van der Waals surface area contributed by atoms with E-state index in [9.17, 15) is 0 Å². The minimum Gasteiger partial charge on any atom is -0.478 e. The van der Waals surface area contributed by atoms with Gasteiger partial charge < -0.3 is 14.8 Å². The Morgan fingerprint density at radius 2 is 2.22 bits per heavy atom. The van der Waals surface area contributed by atoms with Gasteiger partial charge in [-0.05, 0) is 20.3 Å². The molecule has 0 saturated carbocycles. The maximum atomic E-state index is 5.76. The van der Waals surface area contributed by atoms with Crippen molar-refractivity contribution >= 4 is 17.4 Å². The van der Waals surface area contributed by atoms with Crippen LogP contribution in [-0.2, 0) is 4.74 Å². The van der Waals surface area contributed by atoms with Crippen LogP contribution in [0.3, 0.4) is 0 Å². The van der Waals surface area contributed by atoms with Gasteiger partial charge in [0, 0.05) is 19.1 Å². The fraction of sp³-hybridized carbons (Fsp3) is 0.667. The largest absolute Gasteiger partial charge is 0.478 e. The molecule has 102 valence electrons. The number of halogens is 1. The van der Waals surface area contributed by atoms with Crippen molar-refractivity contribution in [1.82, 2.24) is 9.97 Å². The van der Waals surface area contributed by atoms with Gasteiger partial charge in [-0.1, -0.05) is 0 Å². The van der Waals surface area contributed by atoms with Gasteiger partial charge >= 0.3 is 0 Å². The molecule has 0 aliphatic carbocycles. The molecule has 6 heteroatoms. The van der Waals surface area contributed by atoms with Gasteiger partial charge in [0.25, 0.3) is 0 Å². The SMILES string of the molecule is CCOc1cc(NC(CCCl)COC)nc(C)n1. The van der Waals surface area contributed by atoms with Crippen molar-refractivity contribution in [3.8, 4) is 5.88 Å². The second kappa shape index (κ2) is 8.11. The zero-order chi connectivity index (χ0) is 13.4. The Morgan fingerprint density at radius 1 is 1.44 bits per heavy atom. The van der Waals surface area contributed by atoms with E-state index >= 15 is 0 Å². The molecular weight excluding hydrogens is 254 g/mol. The first-order chi connectivity index (χ1) is 8.69. The number of alkyl halides is 1. The van der Waals surface area contributed by atoms with Crippen LogP contribution in [-0.4, -0.2) is 42.2 Å². The molecule has 1 N–H and O–H groups in total. The zero-order valence-electron chi connectivity index (χ0n) is 11.1. The summed E-state index contributed by atoms with van der Waals surface area (Å²) in [5.41, 5.74) is 0. The van der Waals surface area contributed by atoms with Crippen LogP contribution in [0.4, 0.5) is 5.82 Å². The van der Waals surface area contributed by atoms with E-state index in [0.29, 0.717) is 30.8 Å². The van der Waals surface area contributed by atoms with Crippen molar-refractivity contribution < 1.29 is 9.47 Å². The van der Waals surface area contributed by atoms with E-state index in [2.05, 4.69) is 15.3 Å². The molecule has 5 nitrogen and oxygen atoms in total. The lowest BCUT2D eigenvalue weighted by Gasteiger charge is -2.17. The average molecular weight is 274 g/mol. The van der Waals surface area contributed by atoms with E-state index in [1.165, 1.54) is 0 Å². The fourth-order valence-corrected chi connectivity index (χ4v) is 1.84. The minimum atomic E-state index is 0.135. The molecule has 0 saturated heterocycles. The van der Waals surface area contributed by atoms with Crippen molar-refractivity contribution in [2.45, 2.75) is 26.3 Å². The number of methoxy groups -OCH3 is 1. The number of nitrogens with zero attached hydrogens (tertiary/aromatic N) is 2. The predicted octanol–water partition coefficient (Wildman–Crippen LogP) is 2.24. The van der Waals surface area contributed by atoms with Gasteiger partial charge in [0.1, 0.15) is 11.6 Å². The van der Waals surface area contributed by atoms with Crippen molar-refractivity contribution in [1.29, 1.82) is 0 Å². The molecule has 1 aromatic rings. The Morgan fingerprint density at radius 3 is 2.83 bits per heavy atom. The molecule has 1 atom stereocenters. The van der Waals surface area contributed by atoms with Crippen molar-refractivity contribution in [3.63, 3.8) is 0 Å². The molecule has 0 fully saturated rings. The van der Waals surface area contributed by atoms with Gasteiger partial charge in [-0.2, -0.15) is 4.98 Å². The number of aromatic nitrogens is 2. The molecule has 0 aromatic carbocycles. The van der Waals surface area contributed by atoms with Crippen LogP contribution in [0.1, 0.15) is 19.2 Å². The number of hydrogen-bond acceptors (Lipinski definition) is 5. The first-order valence-corrected chi connectivity index (χ1v) is 6.53. The highest BCUT2D eigenvalue weighted by atomic mass is 35.5. The van der Waals surface area contributed by atoms with Crippen LogP contribution in [0.5, 0.6) is 5.88 Å². The Balaban J connectivity index is 2.74. The van der Waals surface area contributed by atoms with E-state index in [1.807, 2.05) is 13.8 Å². The highest BCUT2D eigenvalue weighted by molar-refractivity contribution is 6.17. The molecule has 1 aromatic heterocycles. The maximum absolute atomic E-state index is 5.76. The first-order valence-electron chi connectivity index (χ1n) is 5.99. The molecule has 0 aliphatic heterocycles. The van der Waals surface area contributed by atoms with Gasteiger partial charge in [-0.3, -0.25) is 0 Å². The summed E-state index contributed by atoms with van der Waals surface area (Å²) in [5.74, 6) is 2.56. The van der Waals surface area contributed by atoms with Gasteiger partial charge in [0.05, 0.1) is 19.3 Å². The molecule has 1 heterocycles. The molecule has 0 spiro atoms. The number of ether oxygens (including phenoxy) is 2. The van der Waals surface area contributed by atoms with E-state index in [4.69, 9.17) is 21.1 Å². The van der Waals surface area contributed by atoms with Gasteiger partial charge in [0.2, 0.25) is 5.88 Å². The van der Waals surface area contributed by atoms with Crippen molar-refractivity contribution in [2.75, 3.05) is 31.5 Å². The lowest BCUT2D eigenvalue weighted by molar-refractivity contribution is 0.184. The van der Waals surface area contributed by atoms with Crippen LogP contribution < -0.4 is 10.1 Å². The molecule has 0 aliphatic rings. The molecule has 1 unspecified atom stereocenters. The van der Waals surface area contributed by atoms with Crippen LogP contribution in [0.2, 0.25) is 0 Å². The van der Waals surface area contributed by atoms with Crippen LogP contribution in [0, 0.1) is 6.92 Å². The molecule has 1 rings (SSSR count). The monoisotopic (exact) mass is 273 g/mol. The summed E-state index contributed by atoms with van der Waals surface area (Å²) in [6.45, 7) is 4.92. The number of aryl methyl sites for hydroxylation is 1. The van der Waals surface area contributed by atoms with Crippen LogP contribution >= 0.6 is 11.6 Å². The summed E-state index contributed by atoms with van der Waals surface area (Å²) in [6, 6.07) is 1.92. The van der Waals surface area contributed by atoms with E-state index in [0.717, 1.165) is 12.2 Å². The molecule has 18 heavy (non-hydrogen) atoms. The summed E-state index contributed by atoms with van der Waals surface area (Å²) < 4.78 is 10.5. The van der Waals surface area contributed by atoms with E-state index in [-0.39, 0.29) is 6.04 Å². The van der Waals surface area contributed by atoms with Crippen molar-refractivity contribution in [2.24, 2.45) is 0 Å².